The number of hydrogen-bond acceptors (Lipinski definition) is 4. The molecule has 0 saturated carbocycles. The molecule has 6 aromatic carbocycles. The molecule has 0 atom stereocenters. The van der Waals surface area contributed by atoms with E-state index in [0.29, 0.717) is 0 Å². The van der Waals surface area contributed by atoms with Gasteiger partial charge in [-0.1, -0.05) is 158 Å². The van der Waals surface area contributed by atoms with Crippen molar-refractivity contribution in [2.45, 2.75) is 9.79 Å². The van der Waals surface area contributed by atoms with Gasteiger partial charge in [0.1, 0.15) is 0 Å². The fourth-order valence-electron chi connectivity index (χ4n) is 5.05. The highest BCUT2D eigenvalue weighted by Gasteiger charge is 2.13. The molecule has 0 aliphatic rings. The predicted octanol–water partition coefficient (Wildman–Crippen LogP) is 9.17. The first kappa shape index (κ1) is 39.2. The van der Waals surface area contributed by atoms with E-state index < -0.39 is 0 Å². The Morgan fingerprint density at radius 1 is 0.400 bits per heavy atom. The van der Waals surface area contributed by atoms with E-state index in [4.69, 9.17) is 0 Å². The second-order valence-corrected chi connectivity index (χ2v) is 17.6. The van der Waals surface area contributed by atoms with Gasteiger partial charge in [-0.05, 0) is 74.0 Å². The van der Waals surface area contributed by atoms with Gasteiger partial charge in [0.15, 0.2) is 0 Å². The van der Waals surface area contributed by atoms with Gasteiger partial charge in [-0.25, -0.2) is 0 Å². The number of terminal acetylenes is 1. The van der Waals surface area contributed by atoms with Gasteiger partial charge in [0.05, 0.1) is 0 Å². The van der Waals surface area contributed by atoms with Crippen LogP contribution in [0.25, 0.3) is 0 Å². The molecule has 0 bridgehead atoms. The van der Waals surface area contributed by atoms with Crippen LogP contribution in [0.1, 0.15) is 0 Å². The third-order valence-electron chi connectivity index (χ3n) is 7.43. The van der Waals surface area contributed by atoms with Crippen molar-refractivity contribution in [3.63, 3.8) is 0 Å². The zero-order chi connectivity index (χ0) is 34.9. The lowest BCUT2D eigenvalue weighted by molar-refractivity contribution is 0.773. The Kier molecular flexibility index (Phi) is 19.2. The van der Waals surface area contributed by atoms with Crippen molar-refractivity contribution < 1.29 is 0 Å². The number of nitrogens with one attached hydrogen (secondary N) is 2. The largest absolute Gasteiger partial charge is 0.316 e. The minimum atomic E-state index is -0.356. The van der Waals surface area contributed by atoms with Crippen LogP contribution in [-0.4, -0.2) is 37.2 Å². The second kappa shape index (κ2) is 24.5. The van der Waals surface area contributed by atoms with Gasteiger partial charge in [0.25, 0.3) is 0 Å². The predicted molar refractivity (Wildman–Crippen MR) is 228 cm³/mol. The summed E-state index contributed by atoms with van der Waals surface area (Å²) < 4.78 is 0. The summed E-state index contributed by atoms with van der Waals surface area (Å²) >= 11 is 3.77. The molecule has 0 fully saturated rings. The fourth-order valence-corrected chi connectivity index (χ4v) is 11.1. The van der Waals surface area contributed by atoms with E-state index in [1.54, 1.807) is 0 Å². The molecule has 0 heterocycles. The van der Waals surface area contributed by atoms with Crippen molar-refractivity contribution in [2.75, 3.05) is 37.2 Å². The van der Waals surface area contributed by atoms with Gasteiger partial charge in [0.2, 0.25) is 0 Å². The summed E-state index contributed by atoms with van der Waals surface area (Å²) in [6.45, 7) is 2.11. The molecule has 0 amide bonds. The van der Waals surface area contributed by atoms with E-state index >= 15 is 0 Å². The smallest absolute Gasteiger partial charge is 0.0468 e. The van der Waals surface area contributed by atoms with Crippen molar-refractivity contribution in [3.8, 4) is 12.8 Å². The summed E-state index contributed by atoms with van der Waals surface area (Å²) in [5, 5.41) is 13.0. The molecule has 0 saturated heterocycles. The maximum Gasteiger partial charge on any atom is 0.0468 e. The molecule has 0 aromatic heterocycles. The van der Waals surface area contributed by atoms with Crippen LogP contribution >= 0.6 is 39.4 Å². The Balaban J connectivity index is 0.000000215. The number of rotatable bonds is 16. The molecule has 0 radical (unpaired) electrons. The highest BCUT2D eigenvalue weighted by Crippen LogP contribution is 2.33. The Morgan fingerprint density at radius 3 is 1.18 bits per heavy atom. The SMILES string of the molecule is C#C.c1ccc(SCCNCCP(c2ccccc2)c2ccccc2)cc1.c1ccc(SCNCP(c2ccccc2)c2ccccc2)cc1. The zero-order valence-corrected chi connectivity index (χ0v) is 31.9. The quantitative estimate of drug-likeness (QED) is 0.0342. The van der Waals surface area contributed by atoms with Gasteiger partial charge in [-0.15, -0.1) is 36.4 Å². The molecule has 2 nitrogen and oxygen atoms in total. The van der Waals surface area contributed by atoms with Crippen molar-refractivity contribution in [1.29, 1.82) is 0 Å². The van der Waals surface area contributed by atoms with Crippen molar-refractivity contribution in [2.24, 2.45) is 0 Å². The minimum absolute atomic E-state index is 0.285. The number of hydrogen-bond donors (Lipinski definition) is 2. The molecule has 6 aromatic rings. The van der Waals surface area contributed by atoms with Gasteiger partial charge in [-0.3, -0.25) is 0 Å². The van der Waals surface area contributed by atoms with Crippen molar-refractivity contribution in [1.82, 2.24) is 10.6 Å². The molecule has 0 spiro atoms. The van der Waals surface area contributed by atoms with E-state index in [2.05, 4.69) is 205 Å². The topological polar surface area (TPSA) is 24.1 Å². The highest BCUT2D eigenvalue weighted by atomic mass is 32.2. The molecular formula is C44H46N2P2S2. The van der Waals surface area contributed by atoms with Crippen LogP contribution in [0.4, 0.5) is 0 Å². The first-order valence-electron chi connectivity index (χ1n) is 16.7. The summed E-state index contributed by atoms with van der Waals surface area (Å²) in [7, 11) is -0.641. The summed E-state index contributed by atoms with van der Waals surface area (Å²) in [5.41, 5.74) is 0. The lowest BCUT2D eigenvalue weighted by Gasteiger charge is -2.19. The van der Waals surface area contributed by atoms with Crippen molar-refractivity contribution in [3.05, 3.63) is 182 Å². The molecule has 50 heavy (non-hydrogen) atoms. The summed E-state index contributed by atoms with van der Waals surface area (Å²) in [6, 6.07) is 64.7. The van der Waals surface area contributed by atoms with E-state index in [-0.39, 0.29) is 15.8 Å². The first-order chi connectivity index (χ1) is 24.9. The van der Waals surface area contributed by atoms with Crippen LogP contribution in [-0.2, 0) is 0 Å². The molecule has 0 aliphatic carbocycles. The molecule has 2 N–H and O–H groups in total. The second-order valence-electron chi connectivity index (χ2n) is 10.8. The van der Waals surface area contributed by atoms with Crippen LogP contribution in [0.2, 0.25) is 0 Å². The normalized spacial score (nSPS) is 10.5. The van der Waals surface area contributed by atoms with Crippen LogP contribution in [0.5, 0.6) is 0 Å². The summed E-state index contributed by atoms with van der Waals surface area (Å²) in [4.78, 5) is 2.66. The Hall–Kier alpha value is -3.64. The molecular weight excluding hydrogens is 683 g/mol. The maximum absolute atomic E-state index is 4.00. The minimum Gasteiger partial charge on any atom is -0.316 e. The maximum atomic E-state index is 4.00. The number of benzene rings is 6. The molecule has 0 unspecified atom stereocenters. The Labute approximate surface area is 311 Å². The van der Waals surface area contributed by atoms with Gasteiger partial charge in [-0.2, -0.15) is 0 Å². The van der Waals surface area contributed by atoms with E-state index in [1.807, 2.05) is 23.5 Å². The fraction of sp³-hybridized carbons (Fsp3) is 0.136. The first-order valence-corrected chi connectivity index (χ1v) is 21.7. The lowest BCUT2D eigenvalue weighted by atomic mass is 10.4. The van der Waals surface area contributed by atoms with Crippen LogP contribution in [0.3, 0.4) is 0 Å². The summed E-state index contributed by atoms with van der Waals surface area (Å²) in [5.74, 6) is 2.04. The van der Waals surface area contributed by atoms with Gasteiger partial charge < -0.3 is 10.6 Å². The van der Waals surface area contributed by atoms with Crippen LogP contribution in [0.15, 0.2) is 192 Å². The standard InChI is InChI=1S/C22H24NPS.C20H20NPS.C2H2/c1-4-10-20(11-5-1)24(21-12-6-2-7-13-21)18-16-23-17-19-25-22-14-8-3-9-15-22;1-4-10-18(11-5-1)22(19-12-6-2-7-13-19)16-21-17-23-20-14-8-3-9-15-20;1-2/h1-15,23H,16-19H2;1-15,21H,16-17H2;1-2H. The Morgan fingerprint density at radius 2 is 0.760 bits per heavy atom. The summed E-state index contributed by atoms with van der Waals surface area (Å²) in [6.07, 6.45) is 10.2. The third-order valence-corrected chi connectivity index (χ3v) is 14.3. The zero-order valence-electron chi connectivity index (χ0n) is 28.4. The highest BCUT2D eigenvalue weighted by molar-refractivity contribution is 7.99. The van der Waals surface area contributed by atoms with Gasteiger partial charge >= 0.3 is 0 Å². The van der Waals surface area contributed by atoms with Crippen LogP contribution < -0.4 is 31.9 Å². The molecule has 6 heteroatoms. The molecule has 6 rings (SSSR count). The average Bonchev–Trinajstić information content (AvgIpc) is 3.21. The van der Waals surface area contributed by atoms with E-state index in [0.717, 1.165) is 31.0 Å². The Bertz CT molecular complexity index is 1630. The van der Waals surface area contributed by atoms with E-state index in [1.165, 1.54) is 37.2 Å². The average molecular weight is 729 g/mol. The number of thioether (sulfide) groups is 2. The third kappa shape index (κ3) is 14.3. The van der Waals surface area contributed by atoms with Crippen molar-refractivity contribution >= 4 is 60.6 Å². The lowest BCUT2D eigenvalue weighted by Crippen LogP contribution is -2.24. The monoisotopic (exact) mass is 728 g/mol. The van der Waals surface area contributed by atoms with Gasteiger partial charge in [0, 0.05) is 34.3 Å². The molecule has 0 aliphatic heterocycles. The molecule has 254 valence electrons. The van der Waals surface area contributed by atoms with E-state index in [9.17, 15) is 0 Å². The van der Waals surface area contributed by atoms with Crippen LogP contribution in [0, 0.1) is 12.8 Å².